The molecule has 1 amide bonds. The number of nitrogens with zero attached hydrogens (tertiary/aromatic N) is 2. The first-order valence-corrected chi connectivity index (χ1v) is 8.45. The second kappa shape index (κ2) is 7.32. The zero-order valence-corrected chi connectivity index (χ0v) is 14.0. The van der Waals surface area contributed by atoms with Crippen LogP contribution in [-0.2, 0) is 16.1 Å². The van der Waals surface area contributed by atoms with Crippen LogP contribution < -0.4 is 4.74 Å². The molecule has 0 radical (unpaired) electrons. The average molecular weight is 318 g/mol. The van der Waals surface area contributed by atoms with Crippen LogP contribution in [0, 0.1) is 5.92 Å². The molecule has 23 heavy (non-hydrogen) atoms. The Bertz CT molecular complexity index is 532. The summed E-state index contributed by atoms with van der Waals surface area (Å²) >= 11 is 0. The van der Waals surface area contributed by atoms with Crippen molar-refractivity contribution in [2.24, 2.45) is 5.92 Å². The summed E-state index contributed by atoms with van der Waals surface area (Å²) in [6.07, 6.45) is 1.08. The third-order valence-corrected chi connectivity index (χ3v) is 4.89. The van der Waals surface area contributed by atoms with Crippen molar-refractivity contribution in [2.75, 3.05) is 40.0 Å². The van der Waals surface area contributed by atoms with E-state index in [9.17, 15) is 4.79 Å². The minimum atomic E-state index is 0.0976. The molecule has 5 heteroatoms. The lowest BCUT2D eigenvalue weighted by atomic mass is 9.91. The van der Waals surface area contributed by atoms with E-state index in [-0.39, 0.29) is 18.6 Å². The number of piperidine rings is 1. The van der Waals surface area contributed by atoms with E-state index in [0.29, 0.717) is 19.1 Å². The molecular formula is C18H26N2O3. The van der Waals surface area contributed by atoms with Crippen LogP contribution in [0.1, 0.15) is 18.9 Å². The summed E-state index contributed by atoms with van der Waals surface area (Å²) in [6, 6.07) is 8.58. The number of benzene rings is 1. The Morgan fingerprint density at radius 2 is 2.09 bits per heavy atom. The van der Waals surface area contributed by atoms with Crippen molar-refractivity contribution >= 4 is 5.91 Å². The maximum absolute atomic E-state index is 12.0. The molecule has 0 unspecified atom stereocenters. The van der Waals surface area contributed by atoms with Gasteiger partial charge in [0.15, 0.2) is 0 Å². The van der Waals surface area contributed by atoms with Crippen LogP contribution >= 0.6 is 0 Å². The largest absolute Gasteiger partial charge is 0.494 e. The van der Waals surface area contributed by atoms with E-state index in [0.717, 1.165) is 31.8 Å². The van der Waals surface area contributed by atoms with Crippen LogP contribution in [0.3, 0.4) is 0 Å². The summed E-state index contributed by atoms with van der Waals surface area (Å²) in [4.78, 5) is 16.3. The molecule has 0 aliphatic carbocycles. The molecular weight excluding hydrogens is 292 g/mol. The molecule has 0 spiro atoms. The molecule has 126 valence electrons. The van der Waals surface area contributed by atoms with Gasteiger partial charge in [0.05, 0.1) is 13.2 Å². The Morgan fingerprint density at radius 1 is 1.30 bits per heavy atom. The molecule has 5 nitrogen and oxygen atoms in total. The number of rotatable bonds is 4. The van der Waals surface area contributed by atoms with Crippen molar-refractivity contribution in [1.82, 2.24) is 9.80 Å². The average Bonchev–Trinajstić information content (AvgIpc) is 2.70. The molecule has 1 aromatic carbocycles. The van der Waals surface area contributed by atoms with Crippen LogP contribution in [0.2, 0.25) is 0 Å². The third-order valence-electron chi connectivity index (χ3n) is 4.89. The van der Waals surface area contributed by atoms with Gasteiger partial charge < -0.3 is 14.4 Å². The maximum atomic E-state index is 12.0. The number of ether oxygens (including phenoxy) is 2. The van der Waals surface area contributed by atoms with Gasteiger partial charge in [0, 0.05) is 32.1 Å². The first-order chi connectivity index (χ1) is 11.2. The number of amides is 1. The second-order valence-electron chi connectivity index (χ2n) is 6.45. The number of hydrogen-bond acceptors (Lipinski definition) is 4. The molecule has 2 aliphatic heterocycles. The number of likely N-dealkylation sites (N-methyl/N-ethyl adjacent to an activating group) is 1. The predicted molar refractivity (Wildman–Crippen MR) is 88.4 cm³/mol. The second-order valence-corrected chi connectivity index (χ2v) is 6.45. The zero-order chi connectivity index (χ0) is 16.2. The lowest BCUT2D eigenvalue weighted by molar-refractivity contribution is -0.134. The van der Waals surface area contributed by atoms with Crippen molar-refractivity contribution in [3.63, 3.8) is 0 Å². The summed E-state index contributed by atoms with van der Waals surface area (Å²) in [5.41, 5.74) is 1.28. The Hall–Kier alpha value is -1.59. The minimum absolute atomic E-state index is 0.0976. The highest BCUT2D eigenvalue weighted by molar-refractivity contribution is 5.77. The molecule has 1 aromatic rings. The first kappa shape index (κ1) is 16.3. The number of hydrogen-bond donors (Lipinski definition) is 0. The van der Waals surface area contributed by atoms with Gasteiger partial charge in [-0.1, -0.05) is 12.1 Å². The fourth-order valence-electron chi connectivity index (χ4n) is 3.52. The van der Waals surface area contributed by atoms with Gasteiger partial charge in [-0.25, -0.2) is 0 Å². The van der Waals surface area contributed by atoms with E-state index in [1.807, 2.05) is 31.0 Å². The molecule has 2 aliphatic rings. The van der Waals surface area contributed by atoms with Gasteiger partial charge in [0.25, 0.3) is 0 Å². The van der Waals surface area contributed by atoms with Crippen LogP contribution in [0.5, 0.6) is 5.75 Å². The van der Waals surface area contributed by atoms with Gasteiger partial charge in [-0.15, -0.1) is 0 Å². The third kappa shape index (κ3) is 3.85. The normalized spacial score (nSPS) is 25.8. The van der Waals surface area contributed by atoms with Crippen LogP contribution in [0.4, 0.5) is 0 Å². The van der Waals surface area contributed by atoms with Crippen LogP contribution in [0.25, 0.3) is 0 Å². The topological polar surface area (TPSA) is 42.0 Å². The van der Waals surface area contributed by atoms with Crippen LogP contribution in [0.15, 0.2) is 24.3 Å². The molecule has 0 N–H and O–H groups in total. The molecule has 0 saturated carbocycles. The monoisotopic (exact) mass is 318 g/mol. The van der Waals surface area contributed by atoms with E-state index in [1.54, 1.807) is 0 Å². The number of carbonyl (C=O) groups excluding carboxylic acids is 1. The number of fused-ring (bicyclic) bond motifs is 1. The fraction of sp³-hybridized carbons (Fsp3) is 0.611. The summed E-state index contributed by atoms with van der Waals surface area (Å²) in [7, 11) is 1.91. The summed E-state index contributed by atoms with van der Waals surface area (Å²) < 4.78 is 11.0. The minimum Gasteiger partial charge on any atom is -0.494 e. The van der Waals surface area contributed by atoms with Gasteiger partial charge in [-0.3, -0.25) is 9.69 Å². The van der Waals surface area contributed by atoms with E-state index in [4.69, 9.17) is 9.47 Å². The van der Waals surface area contributed by atoms with Crippen LogP contribution in [-0.4, -0.2) is 61.7 Å². The van der Waals surface area contributed by atoms with Gasteiger partial charge in [0.2, 0.25) is 5.91 Å². The predicted octanol–water partition coefficient (Wildman–Crippen LogP) is 1.76. The van der Waals surface area contributed by atoms with Gasteiger partial charge in [-0.05, 0) is 37.6 Å². The van der Waals surface area contributed by atoms with Crippen molar-refractivity contribution in [3.8, 4) is 5.75 Å². The fourth-order valence-corrected chi connectivity index (χ4v) is 3.52. The molecule has 0 bridgehead atoms. The van der Waals surface area contributed by atoms with E-state index in [2.05, 4.69) is 17.0 Å². The smallest absolute Gasteiger partial charge is 0.248 e. The van der Waals surface area contributed by atoms with Crippen molar-refractivity contribution in [1.29, 1.82) is 0 Å². The summed E-state index contributed by atoms with van der Waals surface area (Å²) in [6.45, 7) is 6.51. The highest BCUT2D eigenvalue weighted by Gasteiger charge is 2.36. The highest BCUT2D eigenvalue weighted by Crippen LogP contribution is 2.26. The Kier molecular flexibility index (Phi) is 5.18. The number of carbonyl (C=O) groups is 1. The molecule has 2 fully saturated rings. The first-order valence-electron chi connectivity index (χ1n) is 8.45. The Labute approximate surface area is 138 Å². The molecule has 2 saturated heterocycles. The lowest BCUT2D eigenvalue weighted by Crippen LogP contribution is -2.52. The van der Waals surface area contributed by atoms with Gasteiger partial charge in [0.1, 0.15) is 12.4 Å². The number of likely N-dealkylation sites (tertiary alicyclic amines) is 1. The Balaban J connectivity index is 1.62. The summed E-state index contributed by atoms with van der Waals surface area (Å²) in [5, 5.41) is 0. The maximum Gasteiger partial charge on any atom is 0.248 e. The Morgan fingerprint density at radius 3 is 2.83 bits per heavy atom. The summed E-state index contributed by atoms with van der Waals surface area (Å²) in [5.74, 6) is 1.48. The van der Waals surface area contributed by atoms with Gasteiger partial charge in [-0.2, -0.15) is 0 Å². The van der Waals surface area contributed by atoms with E-state index >= 15 is 0 Å². The SMILES string of the molecule is CCOc1ccc(CN2CC[C@H]3COCC(=O)N(C)[C@H]3C2)cc1. The van der Waals surface area contributed by atoms with Crippen molar-refractivity contribution in [2.45, 2.75) is 25.9 Å². The molecule has 3 rings (SSSR count). The zero-order valence-electron chi connectivity index (χ0n) is 14.0. The van der Waals surface area contributed by atoms with Crippen molar-refractivity contribution in [3.05, 3.63) is 29.8 Å². The quantitative estimate of drug-likeness (QED) is 0.848. The molecule has 0 aromatic heterocycles. The standard InChI is InChI=1S/C18H26N2O3/c1-3-23-16-6-4-14(5-7-16)10-20-9-8-15-12-22-13-18(21)19(2)17(15)11-20/h4-7,15,17H,3,8-13H2,1-2H3/t15-,17-/m0/s1. The van der Waals surface area contributed by atoms with E-state index < -0.39 is 0 Å². The van der Waals surface area contributed by atoms with Crippen molar-refractivity contribution < 1.29 is 14.3 Å². The lowest BCUT2D eigenvalue weighted by Gasteiger charge is -2.41. The molecule has 2 heterocycles. The van der Waals surface area contributed by atoms with Gasteiger partial charge >= 0.3 is 0 Å². The highest BCUT2D eigenvalue weighted by atomic mass is 16.5. The van der Waals surface area contributed by atoms with E-state index in [1.165, 1.54) is 5.56 Å². The molecule has 2 atom stereocenters.